The van der Waals surface area contributed by atoms with Crippen LogP contribution in [0.25, 0.3) is 0 Å². The topological polar surface area (TPSA) is 47.9 Å². The van der Waals surface area contributed by atoms with E-state index < -0.39 is 5.60 Å². The average molecular weight is 174 g/mol. The van der Waals surface area contributed by atoms with Crippen LogP contribution in [-0.2, 0) is 14.2 Å². The minimum absolute atomic E-state index is 0.0241. The fraction of sp³-hybridized carbons (Fsp3) is 1.00. The van der Waals surface area contributed by atoms with E-state index in [0.717, 1.165) is 0 Å². The van der Waals surface area contributed by atoms with Gasteiger partial charge in [0.1, 0.15) is 23.9 Å². The third kappa shape index (κ3) is 1.07. The SMILES string of the molecule is CO[C@@H]1CO[C@H]2[C@@H]1OC[C@@]2(C)O. The van der Waals surface area contributed by atoms with Crippen molar-refractivity contribution in [3.05, 3.63) is 0 Å². The second kappa shape index (κ2) is 2.67. The molecule has 0 radical (unpaired) electrons. The van der Waals surface area contributed by atoms with Crippen molar-refractivity contribution in [1.29, 1.82) is 0 Å². The number of rotatable bonds is 1. The normalized spacial score (nSPS) is 52.8. The number of hydrogen-bond acceptors (Lipinski definition) is 4. The van der Waals surface area contributed by atoms with Crippen molar-refractivity contribution in [3.8, 4) is 0 Å². The zero-order chi connectivity index (χ0) is 8.77. The second-order valence-corrected chi connectivity index (χ2v) is 3.66. The number of fused-ring (bicyclic) bond motifs is 1. The molecule has 2 aliphatic heterocycles. The van der Waals surface area contributed by atoms with Crippen molar-refractivity contribution < 1.29 is 19.3 Å². The second-order valence-electron chi connectivity index (χ2n) is 3.66. The summed E-state index contributed by atoms with van der Waals surface area (Å²) in [6.45, 7) is 2.58. The highest BCUT2D eigenvalue weighted by atomic mass is 16.6. The molecular weight excluding hydrogens is 160 g/mol. The molecule has 2 rings (SSSR count). The van der Waals surface area contributed by atoms with Gasteiger partial charge >= 0.3 is 0 Å². The van der Waals surface area contributed by atoms with Gasteiger partial charge < -0.3 is 19.3 Å². The van der Waals surface area contributed by atoms with Gasteiger partial charge in [0.2, 0.25) is 0 Å². The molecule has 0 unspecified atom stereocenters. The number of hydrogen-bond donors (Lipinski definition) is 1. The van der Waals surface area contributed by atoms with Gasteiger partial charge in [0.05, 0.1) is 13.2 Å². The highest BCUT2D eigenvalue weighted by Crippen LogP contribution is 2.34. The Labute approximate surface area is 71.4 Å². The zero-order valence-electron chi connectivity index (χ0n) is 7.32. The molecule has 1 N–H and O–H groups in total. The van der Waals surface area contributed by atoms with E-state index >= 15 is 0 Å². The molecule has 2 aliphatic rings. The molecule has 0 aromatic carbocycles. The smallest absolute Gasteiger partial charge is 0.117 e. The molecule has 4 nitrogen and oxygen atoms in total. The van der Waals surface area contributed by atoms with Gasteiger partial charge in [-0.25, -0.2) is 0 Å². The first kappa shape index (κ1) is 8.44. The molecule has 0 saturated carbocycles. The third-order valence-corrected chi connectivity index (χ3v) is 2.59. The monoisotopic (exact) mass is 174 g/mol. The van der Waals surface area contributed by atoms with Crippen molar-refractivity contribution in [1.82, 2.24) is 0 Å². The van der Waals surface area contributed by atoms with Gasteiger partial charge in [-0.2, -0.15) is 0 Å². The van der Waals surface area contributed by atoms with E-state index in [-0.39, 0.29) is 18.3 Å². The molecule has 2 fully saturated rings. The van der Waals surface area contributed by atoms with Crippen LogP contribution in [0.4, 0.5) is 0 Å². The molecule has 2 saturated heterocycles. The van der Waals surface area contributed by atoms with Gasteiger partial charge in [-0.15, -0.1) is 0 Å². The first-order chi connectivity index (χ1) is 5.65. The molecule has 0 aromatic rings. The van der Waals surface area contributed by atoms with Crippen LogP contribution in [0.3, 0.4) is 0 Å². The van der Waals surface area contributed by atoms with Gasteiger partial charge in [-0.1, -0.05) is 0 Å². The fourth-order valence-corrected chi connectivity index (χ4v) is 1.86. The maximum atomic E-state index is 9.77. The summed E-state index contributed by atoms with van der Waals surface area (Å²) in [6.07, 6.45) is -0.337. The van der Waals surface area contributed by atoms with E-state index in [1.165, 1.54) is 0 Å². The lowest BCUT2D eigenvalue weighted by molar-refractivity contribution is -0.0600. The van der Waals surface area contributed by atoms with Crippen LogP contribution in [0, 0.1) is 0 Å². The van der Waals surface area contributed by atoms with Crippen LogP contribution in [0.1, 0.15) is 6.92 Å². The van der Waals surface area contributed by atoms with Gasteiger partial charge in [0, 0.05) is 7.11 Å². The van der Waals surface area contributed by atoms with Crippen LogP contribution < -0.4 is 0 Å². The Balaban J connectivity index is 2.11. The van der Waals surface area contributed by atoms with Crippen molar-refractivity contribution >= 4 is 0 Å². The summed E-state index contributed by atoms with van der Waals surface area (Å²) in [5.74, 6) is 0. The summed E-state index contributed by atoms with van der Waals surface area (Å²) in [5, 5.41) is 9.77. The summed E-state index contributed by atoms with van der Waals surface area (Å²) in [5.41, 5.74) is -0.849. The standard InChI is InChI=1S/C8H14O4/c1-8(9)4-12-6-5(10-2)3-11-7(6)8/h5-7,9H,3-4H2,1-2H3/t5-,6-,7+,8-/m1/s1. The van der Waals surface area contributed by atoms with Crippen molar-refractivity contribution in [3.63, 3.8) is 0 Å². The predicted molar refractivity (Wildman–Crippen MR) is 40.9 cm³/mol. The number of aliphatic hydroxyl groups is 1. The molecular formula is C8H14O4. The van der Waals surface area contributed by atoms with Gasteiger partial charge in [-0.3, -0.25) is 0 Å². The van der Waals surface area contributed by atoms with E-state index in [2.05, 4.69) is 0 Å². The summed E-state index contributed by atoms with van der Waals surface area (Å²) in [7, 11) is 1.63. The van der Waals surface area contributed by atoms with Crippen LogP contribution in [0.5, 0.6) is 0 Å². The molecule has 0 amide bonds. The van der Waals surface area contributed by atoms with E-state index in [1.807, 2.05) is 0 Å². The Morgan fingerprint density at radius 2 is 2.25 bits per heavy atom. The Kier molecular flexibility index (Phi) is 1.88. The largest absolute Gasteiger partial charge is 0.385 e. The minimum atomic E-state index is -0.849. The summed E-state index contributed by atoms with van der Waals surface area (Å²) >= 11 is 0. The predicted octanol–water partition coefficient (Wildman–Crippen LogP) is -0.450. The van der Waals surface area contributed by atoms with Crippen molar-refractivity contribution in [2.24, 2.45) is 0 Å². The molecule has 70 valence electrons. The molecule has 12 heavy (non-hydrogen) atoms. The van der Waals surface area contributed by atoms with Crippen LogP contribution in [0.2, 0.25) is 0 Å². The molecule has 4 atom stereocenters. The summed E-state index contributed by atoms with van der Waals surface area (Å²) in [4.78, 5) is 0. The Morgan fingerprint density at radius 1 is 1.50 bits per heavy atom. The molecule has 4 heteroatoms. The van der Waals surface area contributed by atoms with E-state index in [4.69, 9.17) is 14.2 Å². The number of methoxy groups -OCH3 is 1. The van der Waals surface area contributed by atoms with Crippen molar-refractivity contribution in [2.45, 2.75) is 30.8 Å². The highest BCUT2D eigenvalue weighted by Gasteiger charge is 2.53. The van der Waals surface area contributed by atoms with Crippen molar-refractivity contribution in [2.75, 3.05) is 20.3 Å². The van der Waals surface area contributed by atoms with Crippen LogP contribution in [0.15, 0.2) is 0 Å². The Bertz CT molecular complexity index is 180. The number of ether oxygens (including phenoxy) is 3. The summed E-state index contributed by atoms with van der Waals surface area (Å²) in [6, 6.07) is 0. The minimum Gasteiger partial charge on any atom is -0.385 e. The van der Waals surface area contributed by atoms with Gasteiger partial charge in [0.25, 0.3) is 0 Å². The molecule has 0 spiro atoms. The fourth-order valence-electron chi connectivity index (χ4n) is 1.86. The lowest BCUT2D eigenvalue weighted by atomic mass is 9.99. The lowest BCUT2D eigenvalue weighted by Gasteiger charge is -2.20. The lowest BCUT2D eigenvalue weighted by Crippen LogP contribution is -2.40. The zero-order valence-corrected chi connectivity index (χ0v) is 7.32. The van der Waals surface area contributed by atoms with Gasteiger partial charge in [0.15, 0.2) is 0 Å². The summed E-state index contributed by atoms with van der Waals surface area (Å²) < 4.78 is 15.9. The molecule has 0 bridgehead atoms. The first-order valence-corrected chi connectivity index (χ1v) is 4.13. The maximum Gasteiger partial charge on any atom is 0.117 e. The third-order valence-electron chi connectivity index (χ3n) is 2.59. The van der Waals surface area contributed by atoms with E-state index in [0.29, 0.717) is 13.2 Å². The average Bonchev–Trinajstić information content (AvgIpc) is 2.53. The molecule has 0 aliphatic carbocycles. The Hall–Kier alpha value is -0.160. The molecule has 2 heterocycles. The quantitative estimate of drug-likeness (QED) is 0.585. The maximum absolute atomic E-state index is 9.77. The van der Waals surface area contributed by atoms with E-state index in [1.54, 1.807) is 14.0 Å². The van der Waals surface area contributed by atoms with E-state index in [9.17, 15) is 5.11 Å². The Morgan fingerprint density at radius 3 is 2.92 bits per heavy atom. The highest BCUT2D eigenvalue weighted by molar-refractivity contribution is 5.01. The van der Waals surface area contributed by atoms with Crippen LogP contribution in [-0.4, -0.2) is 49.3 Å². The van der Waals surface area contributed by atoms with Gasteiger partial charge in [-0.05, 0) is 6.92 Å². The van der Waals surface area contributed by atoms with Crippen LogP contribution >= 0.6 is 0 Å². The molecule has 0 aromatic heterocycles. The first-order valence-electron chi connectivity index (χ1n) is 4.13.